The van der Waals surface area contributed by atoms with Crippen molar-refractivity contribution in [2.24, 2.45) is 4.99 Å². The first kappa shape index (κ1) is 27.8. The molecule has 10 nitrogen and oxygen atoms in total. The highest BCUT2D eigenvalue weighted by Gasteiger charge is 2.22. The summed E-state index contributed by atoms with van der Waals surface area (Å²) in [6.45, 7) is 2.43. The fraction of sp³-hybridized carbons (Fsp3) is 0.375. The van der Waals surface area contributed by atoms with Crippen LogP contribution >= 0.6 is 31.9 Å². The number of hydrogen-bond acceptors (Lipinski definition) is 9. The Morgan fingerprint density at radius 1 is 1.17 bits per heavy atom. The van der Waals surface area contributed by atoms with Gasteiger partial charge in [0.05, 0.1) is 49.7 Å². The van der Waals surface area contributed by atoms with Crippen molar-refractivity contribution in [2.75, 3.05) is 31.6 Å². The standard InChI is InChI=1S/C24H27Br2N5O5/c1-2-36-22(34)7-15(14-3-17(25)8-18(26)4-14)6-20(32)11-28-23(35)16-5-19(10-27-9-16)31-24-29-12-21(33)13-30-24/h3-5,8-10,15,21,33H,2,6-7,11-13H2,1H3,(H,28,35)(H2,29,30,31)/t15-/m0/s1. The molecule has 1 amide bonds. The van der Waals surface area contributed by atoms with Gasteiger partial charge in [0, 0.05) is 34.0 Å². The van der Waals surface area contributed by atoms with Crippen LogP contribution in [0.4, 0.5) is 5.69 Å². The van der Waals surface area contributed by atoms with Crippen LogP contribution in [0.25, 0.3) is 0 Å². The zero-order chi connectivity index (χ0) is 26.1. The fourth-order valence-corrected chi connectivity index (χ4v) is 4.88. The molecule has 0 radical (unpaired) electrons. The Labute approximate surface area is 225 Å². The van der Waals surface area contributed by atoms with Crippen molar-refractivity contribution < 1.29 is 24.2 Å². The van der Waals surface area contributed by atoms with Crippen molar-refractivity contribution in [1.82, 2.24) is 15.6 Å². The Morgan fingerprint density at radius 3 is 2.58 bits per heavy atom. The number of nitrogens with one attached hydrogen (secondary N) is 3. The molecule has 0 spiro atoms. The molecular formula is C24H27Br2N5O5. The molecule has 1 aromatic carbocycles. The van der Waals surface area contributed by atoms with Crippen LogP contribution in [-0.2, 0) is 14.3 Å². The summed E-state index contributed by atoms with van der Waals surface area (Å²) in [6.07, 6.45) is 2.49. The van der Waals surface area contributed by atoms with Crippen molar-refractivity contribution in [3.8, 4) is 0 Å². The summed E-state index contributed by atoms with van der Waals surface area (Å²) in [4.78, 5) is 45.8. The van der Waals surface area contributed by atoms with E-state index in [1.54, 1.807) is 13.0 Å². The molecule has 3 rings (SSSR count). The number of aliphatic imine (C=N–C) groups is 1. The fourth-order valence-electron chi connectivity index (χ4n) is 3.55. The van der Waals surface area contributed by atoms with Gasteiger partial charge in [0.1, 0.15) is 0 Å². The smallest absolute Gasteiger partial charge is 0.306 e. The Balaban J connectivity index is 1.60. The largest absolute Gasteiger partial charge is 0.466 e. The van der Waals surface area contributed by atoms with Gasteiger partial charge in [0.25, 0.3) is 5.91 Å². The average molecular weight is 625 g/mol. The molecule has 1 aliphatic heterocycles. The number of amides is 1. The van der Waals surface area contributed by atoms with Gasteiger partial charge in [0.15, 0.2) is 11.7 Å². The van der Waals surface area contributed by atoms with E-state index >= 15 is 0 Å². The lowest BCUT2D eigenvalue weighted by atomic mass is 9.90. The molecule has 1 aliphatic rings. The van der Waals surface area contributed by atoms with Gasteiger partial charge < -0.3 is 25.8 Å². The molecule has 0 aliphatic carbocycles. The minimum Gasteiger partial charge on any atom is -0.466 e. The van der Waals surface area contributed by atoms with Crippen molar-refractivity contribution in [3.63, 3.8) is 0 Å². The van der Waals surface area contributed by atoms with E-state index in [0.29, 0.717) is 18.2 Å². The Kier molecular flexibility index (Phi) is 10.4. The number of aliphatic hydroxyl groups is 1. The lowest BCUT2D eigenvalue weighted by molar-refractivity contribution is -0.143. The molecule has 2 atom stereocenters. The summed E-state index contributed by atoms with van der Waals surface area (Å²) in [7, 11) is 0. The first-order chi connectivity index (χ1) is 17.2. The maximum atomic E-state index is 12.8. The van der Waals surface area contributed by atoms with E-state index in [-0.39, 0.29) is 43.9 Å². The molecule has 0 saturated heterocycles. The second-order valence-corrected chi connectivity index (χ2v) is 9.98. The number of nitrogens with zero attached hydrogens (tertiary/aromatic N) is 2. The van der Waals surface area contributed by atoms with Crippen molar-refractivity contribution in [1.29, 1.82) is 0 Å². The van der Waals surface area contributed by atoms with Gasteiger partial charge in [0.2, 0.25) is 0 Å². The number of benzene rings is 1. The van der Waals surface area contributed by atoms with Gasteiger partial charge >= 0.3 is 5.97 Å². The van der Waals surface area contributed by atoms with Gasteiger partial charge in [-0.25, -0.2) is 0 Å². The highest BCUT2D eigenvalue weighted by molar-refractivity contribution is 9.11. The number of ether oxygens (including phenoxy) is 1. The molecule has 1 aromatic heterocycles. The number of rotatable bonds is 10. The number of pyridine rings is 1. The maximum Gasteiger partial charge on any atom is 0.306 e. The number of anilines is 1. The molecule has 0 fully saturated rings. The van der Waals surface area contributed by atoms with Crippen molar-refractivity contribution >= 4 is 61.2 Å². The Hall–Kier alpha value is -2.83. The lowest BCUT2D eigenvalue weighted by Crippen LogP contribution is -2.42. The first-order valence-corrected chi connectivity index (χ1v) is 12.9. The third kappa shape index (κ3) is 8.68. The van der Waals surface area contributed by atoms with Crippen LogP contribution in [0.15, 0.2) is 50.6 Å². The molecule has 12 heteroatoms. The quantitative estimate of drug-likeness (QED) is 0.296. The highest BCUT2D eigenvalue weighted by atomic mass is 79.9. The van der Waals surface area contributed by atoms with Crippen LogP contribution in [-0.4, -0.2) is 66.1 Å². The molecule has 4 N–H and O–H groups in total. The molecule has 0 saturated carbocycles. The van der Waals surface area contributed by atoms with Crippen LogP contribution in [0.2, 0.25) is 0 Å². The van der Waals surface area contributed by atoms with E-state index in [9.17, 15) is 19.5 Å². The number of carbonyl (C=O) groups is 3. The van der Waals surface area contributed by atoms with Crippen LogP contribution in [0, 0.1) is 0 Å². The summed E-state index contributed by atoms with van der Waals surface area (Å²) in [6, 6.07) is 7.17. The minimum atomic E-state index is -0.537. The molecule has 2 aromatic rings. The van der Waals surface area contributed by atoms with Crippen molar-refractivity contribution in [2.45, 2.75) is 31.8 Å². The van der Waals surface area contributed by atoms with E-state index in [4.69, 9.17) is 4.74 Å². The maximum absolute atomic E-state index is 12.8. The predicted molar refractivity (Wildman–Crippen MR) is 142 cm³/mol. The number of hydrogen-bond donors (Lipinski definition) is 4. The monoisotopic (exact) mass is 623 g/mol. The molecule has 36 heavy (non-hydrogen) atoms. The SMILES string of the molecule is CCOC(=O)C[C@H](CC(=O)CNC(=O)c1cncc(NC2=NCC(O)CN2)c1)c1cc(Br)cc(Br)c1. The van der Waals surface area contributed by atoms with E-state index in [1.807, 2.05) is 18.2 Å². The first-order valence-electron chi connectivity index (χ1n) is 11.3. The number of guanidine groups is 1. The normalized spacial score (nSPS) is 15.8. The topological polar surface area (TPSA) is 142 Å². The van der Waals surface area contributed by atoms with Gasteiger partial charge in [-0.2, -0.15) is 0 Å². The molecule has 192 valence electrons. The highest BCUT2D eigenvalue weighted by Crippen LogP contribution is 2.30. The number of aromatic nitrogens is 1. The molecular weight excluding hydrogens is 598 g/mol. The Bertz CT molecular complexity index is 1120. The molecule has 1 unspecified atom stereocenters. The molecule has 0 bridgehead atoms. The van der Waals surface area contributed by atoms with Gasteiger partial charge in [-0.1, -0.05) is 31.9 Å². The number of Topliss-reactive ketones (excluding diaryl/α,β-unsaturated/α-hetero) is 1. The van der Waals surface area contributed by atoms with Crippen LogP contribution in [0.1, 0.15) is 41.6 Å². The number of β-amino-alcohol motifs (C(OH)–C–C–N with tert-alkyl or cyclic N) is 1. The van der Waals surface area contributed by atoms with Crippen LogP contribution in [0.5, 0.6) is 0 Å². The average Bonchev–Trinajstić information content (AvgIpc) is 2.83. The number of aliphatic hydroxyl groups excluding tert-OH is 1. The van der Waals surface area contributed by atoms with E-state index < -0.39 is 23.9 Å². The number of ketones is 1. The van der Waals surface area contributed by atoms with E-state index in [1.165, 1.54) is 12.4 Å². The third-order valence-corrected chi connectivity index (χ3v) is 6.14. The summed E-state index contributed by atoms with van der Waals surface area (Å²) in [5.74, 6) is -1.01. The van der Waals surface area contributed by atoms with Gasteiger partial charge in [-0.05, 0) is 36.8 Å². The third-order valence-electron chi connectivity index (χ3n) is 5.22. The number of carbonyl (C=O) groups excluding carboxylic acids is 3. The zero-order valence-corrected chi connectivity index (χ0v) is 22.8. The second kappa shape index (κ2) is 13.5. The number of halogens is 2. The Morgan fingerprint density at radius 2 is 1.92 bits per heavy atom. The van der Waals surface area contributed by atoms with Crippen LogP contribution < -0.4 is 16.0 Å². The van der Waals surface area contributed by atoms with E-state index in [2.05, 4.69) is 57.8 Å². The van der Waals surface area contributed by atoms with Crippen molar-refractivity contribution in [3.05, 3.63) is 56.7 Å². The van der Waals surface area contributed by atoms with E-state index in [0.717, 1.165) is 14.5 Å². The summed E-state index contributed by atoms with van der Waals surface area (Å²) >= 11 is 6.88. The van der Waals surface area contributed by atoms with Gasteiger partial charge in [-0.3, -0.25) is 24.4 Å². The number of esters is 1. The predicted octanol–water partition coefficient (Wildman–Crippen LogP) is 2.76. The second-order valence-electron chi connectivity index (χ2n) is 8.15. The minimum absolute atomic E-state index is 0.0446. The van der Waals surface area contributed by atoms with Crippen LogP contribution in [0.3, 0.4) is 0 Å². The zero-order valence-electron chi connectivity index (χ0n) is 19.6. The summed E-state index contributed by atoms with van der Waals surface area (Å²) < 4.78 is 6.71. The molecule has 2 heterocycles. The van der Waals surface area contributed by atoms with Gasteiger partial charge in [-0.15, -0.1) is 0 Å². The summed E-state index contributed by atoms with van der Waals surface area (Å²) in [5, 5.41) is 18.1. The lowest BCUT2D eigenvalue weighted by Gasteiger charge is -2.19. The summed E-state index contributed by atoms with van der Waals surface area (Å²) in [5.41, 5.74) is 1.60.